The molecule has 0 fully saturated rings. The summed E-state index contributed by atoms with van der Waals surface area (Å²) in [5.41, 5.74) is 1.23. The lowest BCUT2D eigenvalue weighted by atomic mass is 10.1. The number of hydrogen-bond acceptors (Lipinski definition) is 6. The fraction of sp³-hybridized carbons (Fsp3) is 0.0526. The van der Waals surface area contributed by atoms with Gasteiger partial charge in [0.1, 0.15) is 42.3 Å². The van der Waals surface area contributed by atoms with Crippen molar-refractivity contribution in [2.75, 3.05) is 5.32 Å². The second-order valence-electron chi connectivity index (χ2n) is 4.81. The number of nitrogens with zero attached hydrogens (tertiary/aromatic N) is 4. The van der Waals surface area contributed by atoms with E-state index in [1.165, 1.54) is 6.07 Å². The minimum absolute atomic E-state index is 0.163. The molecule has 1 N–H and O–H groups in total. The topological polar surface area (TPSA) is 116 Å². The van der Waals surface area contributed by atoms with Gasteiger partial charge in [-0.15, -0.1) is 0 Å². The third kappa shape index (κ3) is 4.36. The van der Waals surface area contributed by atoms with Crippen molar-refractivity contribution in [3.05, 3.63) is 70.9 Å². The largest absolute Gasteiger partial charge is 0.487 e. The Morgan fingerprint density at radius 1 is 0.920 bits per heavy atom. The molecule has 0 aromatic heterocycles. The van der Waals surface area contributed by atoms with Crippen molar-refractivity contribution in [2.24, 2.45) is 0 Å². The maximum Gasteiger partial charge on any atom is 0.163 e. The molecular weight excluding hydrogens is 314 g/mol. The van der Waals surface area contributed by atoms with E-state index in [9.17, 15) is 5.26 Å². The minimum Gasteiger partial charge on any atom is -0.487 e. The van der Waals surface area contributed by atoms with Gasteiger partial charge >= 0.3 is 0 Å². The highest BCUT2D eigenvalue weighted by Gasteiger charge is 2.09. The number of hydrogen-bond donors (Lipinski definition) is 1. The maximum absolute atomic E-state index is 9.20. The van der Waals surface area contributed by atoms with Crippen molar-refractivity contribution < 1.29 is 4.74 Å². The zero-order valence-electron chi connectivity index (χ0n) is 13.0. The van der Waals surface area contributed by atoms with Gasteiger partial charge < -0.3 is 10.1 Å². The Morgan fingerprint density at radius 3 is 2.24 bits per heavy atom. The lowest BCUT2D eigenvalue weighted by molar-refractivity contribution is 0.305. The summed E-state index contributed by atoms with van der Waals surface area (Å²) in [5, 5.41) is 38.7. The van der Waals surface area contributed by atoms with Gasteiger partial charge in [0.25, 0.3) is 0 Å². The van der Waals surface area contributed by atoms with E-state index < -0.39 is 0 Å². The Labute approximate surface area is 145 Å². The lowest BCUT2D eigenvalue weighted by Gasteiger charge is -2.11. The van der Waals surface area contributed by atoms with Gasteiger partial charge in [0.2, 0.25) is 0 Å². The van der Waals surface area contributed by atoms with Crippen LogP contribution in [0.3, 0.4) is 0 Å². The molecular formula is C19H11N5O. The van der Waals surface area contributed by atoms with Crippen LogP contribution < -0.4 is 10.1 Å². The molecule has 0 aliphatic rings. The van der Waals surface area contributed by atoms with Crippen molar-refractivity contribution >= 4 is 5.69 Å². The van der Waals surface area contributed by atoms with Crippen LogP contribution >= 0.6 is 0 Å². The average molecular weight is 325 g/mol. The Kier molecular flexibility index (Phi) is 5.74. The summed E-state index contributed by atoms with van der Waals surface area (Å²) in [7, 11) is 0. The minimum atomic E-state index is -0.321. The monoisotopic (exact) mass is 325 g/mol. The summed E-state index contributed by atoms with van der Waals surface area (Å²) in [6, 6.07) is 21.2. The van der Waals surface area contributed by atoms with E-state index >= 15 is 0 Å². The van der Waals surface area contributed by atoms with E-state index in [0.717, 1.165) is 5.56 Å². The quantitative estimate of drug-likeness (QED) is 0.842. The van der Waals surface area contributed by atoms with Crippen LogP contribution in [0.5, 0.6) is 5.75 Å². The van der Waals surface area contributed by atoms with E-state index in [1.807, 2.05) is 36.4 Å². The Bertz CT molecular complexity index is 950. The van der Waals surface area contributed by atoms with Crippen LogP contribution in [0.15, 0.2) is 59.8 Å². The number of ether oxygens (including phenoxy) is 1. The first kappa shape index (κ1) is 17.1. The molecule has 0 bridgehead atoms. The smallest absolute Gasteiger partial charge is 0.163 e. The molecule has 118 valence electrons. The summed E-state index contributed by atoms with van der Waals surface area (Å²) in [6.07, 6.45) is 0. The highest BCUT2D eigenvalue weighted by molar-refractivity contribution is 5.62. The molecule has 0 saturated carbocycles. The zero-order chi connectivity index (χ0) is 18.1. The van der Waals surface area contributed by atoms with Gasteiger partial charge in [0.05, 0.1) is 5.56 Å². The predicted octanol–water partition coefficient (Wildman–Crippen LogP) is 3.37. The molecule has 2 rings (SSSR count). The van der Waals surface area contributed by atoms with Gasteiger partial charge in [-0.1, -0.05) is 30.3 Å². The van der Waals surface area contributed by atoms with Gasteiger partial charge in [-0.2, -0.15) is 21.0 Å². The van der Waals surface area contributed by atoms with E-state index in [0.29, 0.717) is 17.0 Å². The highest BCUT2D eigenvalue weighted by Crippen LogP contribution is 2.25. The van der Waals surface area contributed by atoms with E-state index in [2.05, 4.69) is 5.32 Å². The molecule has 0 aliphatic heterocycles. The molecule has 0 amide bonds. The number of nitriles is 4. The Morgan fingerprint density at radius 2 is 1.64 bits per heavy atom. The molecule has 25 heavy (non-hydrogen) atoms. The van der Waals surface area contributed by atoms with Gasteiger partial charge in [0.15, 0.2) is 5.57 Å². The van der Waals surface area contributed by atoms with Crippen LogP contribution in [0, 0.1) is 45.3 Å². The van der Waals surface area contributed by atoms with Crippen LogP contribution in [0.1, 0.15) is 11.1 Å². The van der Waals surface area contributed by atoms with E-state index in [-0.39, 0.29) is 17.9 Å². The fourth-order valence-corrected chi connectivity index (χ4v) is 1.97. The van der Waals surface area contributed by atoms with Crippen molar-refractivity contribution in [2.45, 2.75) is 6.61 Å². The summed E-state index contributed by atoms with van der Waals surface area (Å²) in [6.45, 7) is 0.279. The molecule has 2 aromatic rings. The summed E-state index contributed by atoms with van der Waals surface area (Å²) in [5.74, 6) is 0.337. The number of rotatable bonds is 5. The highest BCUT2D eigenvalue weighted by atomic mass is 16.5. The molecule has 0 unspecified atom stereocenters. The lowest BCUT2D eigenvalue weighted by Crippen LogP contribution is -2.02. The number of allylic oxidation sites excluding steroid dienone is 2. The van der Waals surface area contributed by atoms with Crippen molar-refractivity contribution in [3.63, 3.8) is 0 Å². The predicted molar refractivity (Wildman–Crippen MR) is 89.4 cm³/mol. The van der Waals surface area contributed by atoms with E-state index in [1.54, 1.807) is 30.3 Å². The van der Waals surface area contributed by atoms with Gasteiger partial charge in [-0.3, -0.25) is 0 Å². The number of anilines is 1. The normalized spacial score (nSPS) is 8.80. The second-order valence-corrected chi connectivity index (χ2v) is 4.81. The Balaban J connectivity index is 2.27. The average Bonchev–Trinajstić information content (AvgIpc) is 2.67. The molecule has 0 saturated heterocycles. The first-order chi connectivity index (χ1) is 12.2. The van der Waals surface area contributed by atoms with Crippen LogP contribution in [-0.4, -0.2) is 0 Å². The molecule has 0 radical (unpaired) electrons. The molecule has 0 spiro atoms. The second kappa shape index (κ2) is 8.39. The summed E-state index contributed by atoms with van der Waals surface area (Å²) < 4.78 is 5.69. The number of benzene rings is 2. The van der Waals surface area contributed by atoms with Gasteiger partial charge in [-0.05, 0) is 17.7 Å². The molecule has 6 nitrogen and oxygen atoms in total. The van der Waals surface area contributed by atoms with Gasteiger partial charge in [0, 0.05) is 11.8 Å². The van der Waals surface area contributed by atoms with Crippen LogP contribution in [-0.2, 0) is 6.61 Å². The standard InChI is InChI=1S/C19H11N5O/c20-9-15-6-7-17(24-18(12-23)16(10-21)11-22)8-19(15)25-13-14-4-2-1-3-5-14/h1-8,24H,13H2. The van der Waals surface area contributed by atoms with Crippen LogP contribution in [0.2, 0.25) is 0 Å². The van der Waals surface area contributed by atoms with Crippen molar-refractivity contribution in [3.8, 4) is 30.0 Å². The molecule has 0 heterocycles. The fourth-order valence-electron chi connectivity index (χ4n) is 1.97. The molecule has 0 atom stereocenters. The summed E-state index contributed by atoms with van der Waals surface area (Å²) in [4.78, 5) is 0. The zero-order valence-corrected chi connectivity index (χ0v) is 13.0. The maximum atomic E-state index is 9.20. The van der Waals surface area contributed by atoms with E-state index in [4.69, 9.17) is 20.5 Å². The van der Waals surface area contributed by atoms with Crippen molar-refractivity contribution in [1.82, 2.24) is 0 Å². The van der Waals surface area contributed by atoms with Crippen LogP contribution in [0.4, 0.5) is 5.69 Å². The molecule has 6 heteroatoms. The third-order valence-electron chi connectivity index (χ3n) is 3.19. The first-order valence-electron chi connectivity index (χ1n) is 7.14. The van der Waals surface area contributed by atoms with Gasteiger partial charge in [-0.25, -0.2) is 0 Å². The SMILES string of the molecule is N#CC(C#N)=C(C#N)Nc1ccc(C#N)c(OCc2ccccc2)c1. The van der Waals surface area contributed by atoms with Crippen molar-refractivity contribution in [1.29, 1.82) is 21.0 Å². The van der Waals surface area contributed by atoms with Crippen LogP contribution in [0.25, 0.3) is 0 Å². The molecule has 2 aromatic carbocycles. The Hall–Kier alpha value is -4.26. The number of nitrogens with one attached hydrogen (secondary N) is 1. The first-order valence-corrected chi connectivity index (χ1v) is 7.14. The third-order valence-corrected chi connectivity index (χ3v) is 3.19. The summed E-state index contributed by atoms with van der Waals surface area (Å²) >= 11 is 0. The molecule has 0 aliphatic carbocycles.